The molecule has 0 aliphatic rings. The molecule has 2 aromatic rings. The van der Waals surface area contributed by atoms with Gasteiger partial charge in [0.2, 0.25) is 0 Å². The third-order valence-corrected chi connectivity index (χ3v) is 7.43. The Labute approximate surface area is 253 Å². The Balaban J connectivity index is 0.00000612. The van der Waals surface area contributed by atoms with Gasteiger partial charge in [0.15, 0.2) is 5.78 Å². The van der Waals surface area contributed by atoms with Gasteiger partial charge in [0.1, 0.15) is 52.5 Å². The lowest BCUT2D eigenvalue weighted by atomic mass is 9.91. The molecule has 0 aliphatic heterocycles. The summed E-state index contributed by atoms with van der Waals surface area (Å²) in [6, 6.07) is 15.8. The smallest absolute Gasteiger partial charge is 0.193 e. The molecule has 2 rings (SSSR count). The predicted molar refractivity (Wildman–Crippen MR) is 139 cm³/mol. The van der Waals surface area contributed by atoms with E-state index in [0.717, 1.165) is 61.5 Å². The maximum Gasteiger partial charge on any atom is 0.193 e. The molecule has 7 heteroatoms. The summed E-state index contributed by atoms with van der Waals surface area (Å²) in [7, 11) is 0. The summed E-state index contributed by atoms with van der Waals surface area (Å²) in [5.74, 6) is 0.0793. The third kappa shape index (κ3) is 9.31. The summed E-state index contributed by atoms with van der Waals surface area (Å²) >= 11 is 0. The van der Waals surface area contributed by atoms with Crippen molar-refractivity contribution < 1.29 is 71.7 Å². The van der Waals surface area contributed by atoms with Crippen LogP contribution in [0.1, 0.15) is 68.6 Å². The average molecular weight is 725 g/mol. The van der Waals surface area contributed by atoms with E-state index in [4.69, 9.17) is 9.68 Å². The van der Waals surface area contributed by atoms with Gasteiger partial charge in [-0.3, -0.25) is 4.79 Å². The maximum atomic E-state index is 13.7. The van der Waals surface area contributed by atoms with E-state index in [-0.39, 0.29) is 53.7 Å². The highest BCUT2D eigenvalue weighted by Crippen LogP contribution is 2.22. The van der Waals surface area contributed by atoms with E-state index in [0.29, 0.717) is 35.3 Å². The van der Waals surface area contributed by atoms with E-state index < -0.39 is 0 Å². The van der Waals surface area contributed by atoms with Crippen LogP contribution in [0.4, 0.5) is 0 Å². The minimum Gasteiger partial charge on any atom is -1.00 e. The summed E-state index contributed by atoms with van der Waals surface area (Å²) in [6.07, 6.45) is 1.42. The molecule has 0 aromatic heterocycles. The Bertz CT molecular complexity index is 825. The zero-order valence-corrected chi connectivity index (χ0v) is 27.4. The van der Waals surface area contributed by atoms with Gasteiger partial charge in [0.25, 0.3) is 0 Å². The van der Waals surface area contributed by atoms with E-state index >= 15 is 0 Å². The second-order valence-corrected chi connectivity index (χ2v) is 8.83. The Hall–Kier alpha value is -0.590. The van der Waals surface area contributed by atoms with Gasteiger partial charge in [-0.15, -0.1) is 0 Å². The lowest BCUT2D eigenvalue weighted by Gasteiger charge is -2.32. The van der Waals surface area contributed by atoms with Gasteiger partial charge in [-0.2, -0.15) is 9.29 Å². The number of hydrogen-bond donors (Lipinski definition) is 0. The van der Waals surface area contributed by atoms with Crippen LogP contribution in [0.15, 0.2) is 48.5 Å². The fraction of sp³-hybridized carbons (Fsp3) is 0.552. The van der Waals surface area contributed by atoms with Crippen LogP contribution in [0.2, 0.25) is 0 Å². The largest absolute Gasteiger partial charge is 1.00 e. The van der Waals surface area contributed by atoms with Gasteiger partial charge >= 0.3 is 0 Å². The van der Waals surface area contributed by atoms with Crippen molar-refractivity contribution >= 4 is 5.78 Å². The molecular weight excluding hydrogens is 678 g/mol. The molecule has 5 nitrogen and oxygen atoms in total. The first-order valence-electron chi connectivity index (χ1n) is 13.1. The minimum atomic E-state index is 0. The van der Waals surface area contributed by atoms with E-state index in [2.05, 4.69) is 59.7 Å². The van der Waals surface area contributed by atoms with Crippen molar-refractivity contribution in [2.45, 2.75) is 54.4 Å². The van der Waals surface area contributed by atoms with Crippen LogP contribution in [0, 0.1) is 0 Å². The van der Waals surface area contributed by atoms with Crippen LogP contribution in [0.25, 0.3) is 0 Å². The normalized spacial score (nSPS) is 11.5. The SMILES string of the molecule is CC[N+](CC)(CC)OCCc1cccc(CCO[N+](CC)(CC)CC)c1C(=O)c1ccccc1.[I-].[I-]. The molecule has 2 aromatic carbocycles. The number of halogens is 2. The summed E-state index contributed by atoms with van der Waals surface area (Å²) in [4.78, 5) is 26.3. The lowest BCUT2D eigenvalue weighted by Crippen LogP contribution is -3.00. The highest BCUT2D eigenvalue weighted by atomic mass is 127. The minimum absolute atomic E-state index is 0. The van der Waals surface area contributed by atoms with Gasteiger partial charge in [-0.05, 0) is 52.7 Å². The van der Waals surface area contributed by atoms with Gasteiger partial charge in [-0.1, -0.05) is 48.5 Å². The summed E-state index contributed by atoms with van der Waals surface area (Å²) < 4.78 is 1.28. The Morgan fingerprint density at radius 1 is 0.611 bits per heavy atom. The zero-order valence-electron chi connectivity index (χ0n) is 23.1. The molecule has 0 fully saturated rings. The molecule has 0 bridgehead atoms. The molecule has 0 unspecified atom stereocenters. The first kappa shape index (κ1) is 35.4. The molecule has 36 heavy (non-hydrogen) atoms. The molecule has 0 spiro atoms. The Kier molecular flexibility index (Phi) is 17.5. The monoisotopic (exact) mass is 724 g/mol. The predicted octanol–water partition coefficient (Wildman–Crippen LogP) is -0.373. The van der Waals surface area contributed by atoms with Crippen LogP contribution < -0.4 is 48.0 Å². The lowest BCUT2D eigenvalue weighted by molar-refractivity contribution is -1.10. The van der Waals surface area contributed by atoms with Gasteiger partial charge < -0.3 is 48.0 Å². The first-order chi connectivity index (χ1) is 16.4. The molecule has 0 atom stereocenters. The molecule has 0 heterocycles. The number of benzene rings is 2. The fourth-order valence-corrected chi connectivity index (χ4v) is 4.68. The number of ketones is 1. The van der Waals surface area contributed by atoms with Crippen LogP contribution in [-0.2, 0) is 22.5 Å². The quantitative estimate of drug-likeness (QED) is 0.103. The van der Waals surface area contributed by atoms with Crippen LogP contribution in [-0.4, -0.2) is 67.6 Å². The first-order valence-corrected chi connectivity index (χ1v) is 13.1. The zero-order chi connectivity index (χ0) is 25.0. The molecule has 204 valence electrons. The van der Waals surface area contributed by atoms with Gasteiger partial charge in [0, 0.05) is 24.0 Å². The van der Waals surface area contributed by atoms with E-state index in [1.54, 1.807) is 0 Å². The number of carbonyl (C=O) groups excluding carboxylic acids is 1. The number of rotatable bonds is 16. The van der Waals surface area contributed by atoms with E-state index in [1.165, 1.54) is 0 Å². The van der Waals surface area contributed by atoms with Crippen LogP contribution in [0.3, 0.4) is 0 Å². The second kappa shape index (κ2) is 17.8. The number of nitrogens with zero attached hydrogens (tertiary/aromatic N) is 2. The fourth-order valence-electron chi connectivity index (χ4n) is 4.68. The molecule has 0 amide bonds. The molecule has 0 saturated heterocycles. The maximum absolute atomic E-state index is 13.7. The molecule has 0 N–H and O–H groups in total. The van der Waals surface area contributed by atoms with Crippen molar-refractivity contribution in [1.82, 2.24) is 0 Å². The molecule has 0 aliphatic carbocycles. The number of hydrogen-bond acceptors (Lipinski definition) is 3. The van der Waals surface area contributed by atoms with E-state index in [1.807, 2.05) is 30.3 Å². The van der Waals surface area contributed by atoms with Crippen molar-refractivity contribution in [3.05, 3.63) is 70.8 Å². The van der Waals surface area contributed by atoms with Crippen molar-refractivity contribution in [3.63, 3.8) is 0 Å². The van der Waals surface area contributed by atoms with Gasteiger partial charge in [0.05, 0.1) is 0 Å². The number of quaternary nitrogens is 2. The summed E-state index contributed by atoms with van der Waals surface area (Å²) in [5, 5.41) is 0. The molecule has 0 saturated carbocycles. The Morgan fingerprint density at radius 3 is 1.36 bits per heavy atom. The second-order valence-electron chi connectivity index (χ2n) is 8.83. The number of carbonyl (C=O) groups is 1. The highest BCUT2D eigenvalue weighted by molar-refractivity contribution is 6.10. The number of hydroxylamine groups is 6. The molecular formula is C29H46I2N2O3. The van der Waals surface area contributed by atoms with Crippen molar-refractivity contribution in [1.29, 1.82) is 0 Å². The van der Waals surface area contributed by atoms with Crippen molar-refractivity contribution in [2.75, 3.05) is 52.5 Å². The summed E-state index contributed by atoms with van der Waals surface area (Å²) in [6.45, 7) is 19.8. The van der Waals surface area contributed by atoms with Crippen LogP contribution >= 0.6 is 0 Å². The highest BCUT2D eigenvalue weighted by Gasteiger charge is 2.25. The average Bonchev–Trinajstić information content (AvgIpc) is 2.90. The van der Waals surface area contributed by atoms with Crippen molar-refractivity contribution in [2.24, 2.45) is 0 Å². The molecule has 0 radical (unpaired) electrons. The third-order valence-electron chi connectivity index (χ3n) is 7.43. The topological polar surface area (TPSA) is 35.5 Å². The Morgan fingerprint density at radius 2 is 1.00 bits per heavy atom. The standard InChI is InChI=1S/C29H46N2O3.2HI/c1-7-30(8-2,9-3)33-23-21-25-19-16-20-26(22-24-34-31(10-4,11-5)12-6)28(25)29(32)27-17-14-13-15-18-27;;/h13-20H,7-12,21-24H2,1-6H3;2*1H/q+2;;/p-2. The van der Waals surface area contributed by atoms with Gasteiger partial charge in [-0.25, -0.2) is 9.68 Å². The summed E-state index contributed by atoms with van der Waals surface area (Å²) in [5.41, 5.74) is 3.63. The van der Waals surface area contributed by atoms with E-state index in [9.17, 15) is 4.79 Å². The van der Waals surface area contributed by atoms with Crippen molar-refractivity contribution in [3.8, 4) is 0 Å². The van der Waals surface area contributed by atoms with Crippen LogP contribution in [0.5, 0.6) is 0 Å².